The highest BCUT2D eigenvalue weighted by molar-refractivity contribution is 5.56. The lowest BCUT2D eigenvalue weighted by molar-refractivity contribution is 0.379. The maximum Gasteiger partial charge on any atom is 0.321 e. The number of hydrogen-bond donors (Lipinski definition) is 1. The van der Waals surface area contributed by atoms with Gasteiger partial charge in [-0.15, -0.1) is 0 Å². The Balaban J connectivity index is 2.58. The van der Waals surface area contributed by atoms with Crippen LogP contribution in [0.5, 0.6) is 6.01 Å². The molecule has 0 aliphatic rings. The predicted octanol–water partition coefficient (Wildman–Crippen LogP) is 2.01. The molecule has 2 rings (SSSR count). The SMILES string of the molecule is CNc1nc(OC)nc(-c2cc(F)c(F)c(F)c2)n1. The molecule has 0 radical (unpaired) electrons. The lowest BCUT2D eigenvalue weighted by Crippen LogP contribution is -2.04. The van der Waals surface area contributed by atoms with E-state index >= 15 is 0 Å². The Labute approximate surface area is 106 Å². The van der Waals surface area contributed by atoms with Crippen LogP contribution in [0.2, 0.25) is 0 Å². The van der Waals surface area contributed by atoms with Crippen molar-refractivity contribution in [1.82, 2.24) is 15.0 Å². The van der Waals surface area contributed by atoms with Gasteiger partial charge in [0.15, 0.2) is 23.3 Å². The highest BCUT2D eigenvalue weighted by Gasteiger charge is 2.15. The Morgan fingerprint density at radius 1 is 1.05 bits per heavy atom. The zero-order valence-electron chi connectivity index (χ0n) is 10.0. The second-order valence-corrected chi connectivity index (χ2v) is 3.47. The predicted molar refractivity (Wildman–Crippen MR) is 61.2 cm³/mol. The van der Waals surface area contributed by atoms with Crippen molar-refractivity contribution in [3.8, 4) is 17.4 Å². The average Bonchev–Trinajstić information content (AvgIpc) is 2.43. The van der Waals surface area contributed by atoms with Crippen LogP contribution >= 0.6 is 0 Å². The summed E-state index contributed by atoms with van der Waals surface area (Å²) < 4.78 is 44.0. The molecular weight excluding hydrogens is 261 g/mol. The van der Waals surface area contributed by atoms with Crippen molar-refractivity contribution in [3.05, 3.63) is 29.6 Å². The van der Waals surface area contributed by atoms with Crippen molar-refractivity contribution in [2.75, 3.05) is 19.5 Å². The minimum Gasteiger partial charge on any atom is -0.467 e. The third-order valence-electron chi connectivity index (χ3n) is 2.26. The lowest BCUT2D eigenvalue weighted by Gasteiger charge is -2.06. The largest absolute Gasteiger partial charge is 0.467 e. The van der Waals surface area contributed by atoms with E-state index < -0.39 is 17.5 Å². The van der Waals surface area contributed by atoms with Crippen molar-refractivity contribution in [3.63, 3.8) is 0 Å². The zero-order valence-corrected chi connectivity index (χ0v) is 10.0. The highest BCUT2D eigenvalue weighted by atomic mass is 19.2. The summed E-state index contributed by atoms with van der Waals surface area (Å²) in [6, 6.07) is 1.57. The second kappa shape index (κ2) is 5.09. The smallest absolute Gasteiger partial charge is 0.321 e. The standard InChI is InChI=1S/C11H9F3N4O/c1-15-10-16-9(17-11(18-10)19-2)5-3-6(12)8(14)7(13)4-5/h3-4H,1-2H3,(H,15,16,17,18). The molecule has 0 aliphatic heterocycles. The minimum atomic E-state index is -1.54. The van der Waals surface area contributed by atoms with Gasteiger partial charge in [0.1, 0.15) is 0 Å². The van der Waals surface area contributed by atoms with Crippen LogP contribution in [0.15, 0.2) is 12.1 Å². The van der Waals surface area contributed by atoms with Gasteiger partial charge < -0.3 is 10.1 Å². The van der Waals surface area contributed by atoms with Gasteiger partial charge in [0.05, 0.1) is 7.11 Å². The monoisotopic (exact) mass is 270 g/mol. The van der Waals surface area contributed by atoms with Crippen LogP contribution in [0, 0.1) is 17.5 Å². The number of nitrogens with one attached hydrogen (secondary N) is 1. The van der Waals surface area contributed by atoms with E-state index in [-0.39, 0.29) is 23.3 Å². The van der Waals surface area contributed by atoms with E-state index in [9.17, 15) is 13.2 Å². The lowest BCUT2D eigenvalue weighted by atomic mass is 10.2. The molecular formula is C11H9F3N4O. The van der Waals surface area contributed by atoms with Gasteiger partial charge >= 0.3 is 6.01 Å². The van der Waals surface area contributed by atoms with E-state index in [1.54, 1.807) is 7.05 Å². The Hall–Kier alpha value is -2.38. The molecule has 0 atom stereocenters. The molecule has 0 bridgehead atoms. The molecule has 0 aliphatic carbocycles. The number of benzene rings is 1. The van der Waals surface area contributed by atoms with Crippen LogP contribution in [0.25, 0.3) is 11.4 Å². The molecule has 0 amide bonds. The summed E-state index contributed by atoms with van der Waals surface area (Å²) in [5.41, 5.74) is -0.0198. The van der Waals surface area contributed by atoms with Crippen molar-refractivity contribution in [2.45, 2.75) is 0 Å². The Kier molecular flexibility index (Phi) is 3.50. The topological polar surface area (TPSA) is 59.9 Å². The molecule has 1 aromatic heterocycles. The maximum absolute atomic E-state index is 13.2. The molecule has 0 spiro atoms. The first-order valence-corrected chi connectivity index (χ1v) is 5.18. The number of nitrogens with zero attached hydrogens (tertiary/aromatic N) is 3. The molecule has 0 fully saturated rings. The third kappa shape index (κ3) is 2.56. The number of methoxy groups -OCH3 is 1. The molecule has 1 heterocycles. The summed E-state index contributed by atoms with van der Waals surface area (Å²) in [4.78, 5) is 11.6. The summed E-state index contributed by atoms with van der Waals surface area (Å²) in [6.07, 6.45) is 0. The Bertz CT molecular complexity index is 576. The molecule has 0 saturated carbocycles. The Morgan fingerprint density at radius 2 is 1.68 bits per heavy atom. The Morgan fingerprint density at radius 3 is 2.21 bits per heavy atom. The van der Waals surface area contributed by atoms with Gasteiger partial charge in [-0.2, -0.15) is 15.0 Å². The van der Waals surface area contributed by atoms with Gasteiger partial charge in [-0.3, -0.25) is 0 Å². The van der Waals surface area contributed by atoms with E-state index in [4.69, 9.17) is 4.74 Å². The first-order valence-electron chi connectivity index (χ1n) is 5.18. The van der Waals surface area contributed by atoms with Crippen LogP contribution in [0.4, 0.5) is 19.1 Å². The normalized spacial score (nSPS) is 10.4. The maximum atomic E-state index is 13.2. The van der Waals surface area contributed by atoms with Crippen LogP contribution in [-0.2, 0) is 0 Å². The van der Waals surface area contributed by atoms with Crippen molar-refractivity contribution < 1.29 is 17.9 Å². The fraction of sp³-hybridized carbons (Fsp3) is 0.182. The number of halogens is 3. The zero-order chi connectivity index (χ0) is 14.0. The highest BCUT2D eigenvalue weighted by Crippen LogP contribution is 2.22. The van der Waals surface area contributed by atoms with Crippen LogP contribution in [0.1, 0.15) is 0 Å². The number of ether oxygens (including phenoxy) is 1. The summed E-state index contributed by atoms with van der Waals surface area (Å²) in [5, 5.41) is 2.65. The molecule has 0 unspecified atom stereocenters. The number of rotatable bonds is 3. The number of hydrogen-bond acceptors (Lipinski definition) is 5. The minimum absolute atomic E-state index is 0.0198. The molecule has 5 nitrogen and oxygen atoms in total. The third-order valence-corrected chi connectivity index (χ3v) is 2.26. The van der Waals surface area contributed by atoms with Gasteiger partial charge in [0.25, 0.3) is 0 Å². The summed E-state index contributed by atoms with van der Waals surface area (Å²) in [7, 11) is 2.90. The molecule has 2 aromatic rings. The molecule has 1 N–H and O–H groups in total. The van der Waals surface area contributed by atoms with Crippen molar-refractivity contribution in [1.29, 1.82) is 0 Å². The fourth-order valence-electron chi connectivity index (χ4n) is 1.37. The van der Waals surface area contributed by atoms with E-state index in [1.165, 1.54) is 7.11 Å². The number of anilines is 1. The average molecular weight is 270 g/mol. The molecule has 8 heteroatoms. The van der Waals surface area contributed by atoms with Gasteiger partial charge in [0, 0.05) is 12.6 Å². The van der Waals surface area contributed by atoms with Crippen molar-refractivity contribution >= 4 is 5.95 Å². The molecule has 100 valence electrons. The molecule has 1 aromatic carbocycles. The van der Waals surface area contributed by atoms with Gasteiger partial charge in [-0.05, 0) is 12.1 Å². The molecule has 19 heavy (non-hydrogen) atoms. The van der Waals surface area contributed by atoms with Crippen LogP contribution in [-0.4, -0.2) is 29.1 Å². The van der Waals surface area contributed by atoms with Crippen LogP contribution in [0.3, 0.4) is 0 Å². The molecule has 0 saturated heterocycles. The fourth-order valence-corrected chi connectivity index (χ4v) is 1.37. The van der Waals surface area contributed by atoms with E-state index in [0.717, 1.165) is 12.1 Å². The first-order chi connectivity index (χ1) is 9.05. The van der Waals surface area contributed by atoms with E-state index in [1.807, 2.05) is 0 Å². The van der Waals surface area contributed by atoms with E-state index in [0.29, 0.717) is 0 Å². The van der Waals surface area contributed by atoms with Gasteiger partial charge in [-0.25, -0.2) is 13.2 Å². The number of aromatic nitrogens is 3. The van der Waals surface area contributed by atoms with Gasteiger partial charge in [-0.1, -0.05) is 0 Å². The van der Waals surface area contributed by atoms with Crippen LogP contribution < -0.4 is 10.1 Å². The summed E-state index contributed by atoms with van der Waals surface area (Å²) in [5.74, 6) is -4.06. The van der Waals surface area contributed by atoms with E-state index in [2.05, 4.69) is 20.3 Å². The second-order valence-electron chi connectivity index (χ2n) is 3.47. The quantitative estimate of drug-likeness (QED) is 0.864. The van der Waals surface area contributed by atoms with Gasteiger partial charge in [0.2, 0.25) is 5.95 Å². The first kappa shape index (κ1) is 13.1. The summed E-state index contributed by atoms with van der Waals surface area (Å²) in [6.45, 7) is 0. The van der Waals surface area contributed by atoms with Crippen molar-refractivity contribution in [2.24, 2.45) is 0 Å². The summed E-state index contributed by atoms with van der Waals surface area (Å²) >= 11 is 0.